The lowest BCUT2D eigenvalue weighted by atomic mass is 10.1. The fraction of sp³-hybridized carbons (Fsp3) is 0.304. The fourth-order valence-electron chi connectivity index (χ4n) is 3.65. The summed E-state index contributed by atoms with van der Waals surface area (Å²) in [4.78, 5) is 21.1. The zero-order valence-corrected chi connectivity index (χ0v) is 20.8. The highest BCUT2D eigenvalue weighted by molar-refractivity contribution is 14.0. The number of hydrogen-bond donors (Lipinski definition) is 1. The van der Waals surface area contributed by atoms with Gasteiger partial charge in [-0.1, -0.05) is 30.3 Å². The molecule has 0 saturated carbocycles. The summed E-state index contributed by atoms with van der Waals surface area (Å²) >= 11 is 1.80. The maximum Gasteiger partial charge on any atom is 0.250 e. The van der Waals surface area contributed by atoms with Crippen molar-refractivity contribution in [1.82, 2.24) is 14.8 Å². The molecule has 1 N–H and O–H groups in total. The van der Waals surface area contributed by atoms with Crippen LogP contribution < -0.4 is 15.8 Å². The van der Waals surface area contributed by atoms with E-state index in [9.17, 15) is 4.79 Å². The molecule has 0 spiro atoms. The third kappa shape index (κ3) is 6.10. The van der Waals surface area contributed by atoms with Gasteiger partial charge in [-0.3, -0.25) is 9.79 Å². The van der Waals surface area contributed by atoms with E-state index in [0.29, 0.717) is 6.54 Å². The molecule has 1 saturated heterocycles. The first-order valence-corrected chi connectivity index (χ1v) is 11.1. The number of nitrogens with one attached hydrogen (secondary N) is 1. The van der Waals surface area contributed by atoms with E-state index >= 15 is 0 Å². The standard InChI is InChI=1S/C23H27N5OS.HI/c1-24-23(27-14-12-26(13-15-27)22-6-4-16-30-22)25-17-19-7-9-20(10-8-19)18-28-11-3-2-5-21(28)29;/h2-11,16H,12-15,17-18H2,1H3,(H,24,25);1H. The molecule has 8 heteroatoms. The van der Waals surface area contributed by atoms with Gasteiger partial charge < -0.3 is 19.7 Å². The Balaban J connectivity index is 0.00000272. The molecule has 0 amide bonds. The van der Waals surface area contributed by atoms with E-state index in [0.717, 1.165) is 44.2 Å². The van der Waals surface area contributed by atoms with E-state index in [1.54, 1.807) is 28.0 Å². The second kappa shape index (κ2) is 11.3. The number of anilines is 1. The van der Waals surface area contributed by atoms with E-state index in [4.69, 9.17) is 0 Å². The average Bonchev–Trinajstić information content (AvgIpc) is 3.32. The highest BCUT2D eigenvalue weighted by Gasteiger charge is 2.20. The lowest BCUT2D eigenvalue weighted by Crippen LogP contribution is -2.52. The Labute approximate surface area is 204 Å². The summed E-state index contributed by atoms with van der Waals surface area (Å²) in [5.74, 6) is 0.945. The summed E-state index contributed by atoms with van der Waals surface area (Å²) in [6.45, 7) is 5.25. The third-order valence-electron chi connectivity index (χ3n) is 5.33. The van der Waals surface area contributed by atoms with Crippen molar-refractivity contribution in [2.24, 2.45) is 4.99 Å². The number of hydrogen-bond acceptors (Lipinski definition) is 4. The SMILES string of the molecule is CN=C(NCc1ccc(Cn2ccccc2=O)cc1)N1CCN(c2cccs2)CC1.I. The molecule has 0 aliphatic carbocycles. The zero-order valence-electron chi connectivity index (χ0n) is 17.6. The normalized spacial score (nSPS) is 14.3. The number of piperazine rings is 1. The minimum absolute atomic E-state index is 0. The largest absolute Gasteiger partial charge is 0.360 e. The summed E-state index contributed by atoms with van der Waals surface area (Å²) in [5.41, 5.74) is 2.32. The molecule has 0 atom stereocenters. The Hall–Kier alpha value is -2.33. The van der Waals surface area contributed by atoms with Crippen molar-refractivity contribution in [3.05, 3.63) is 87.7 Å². The Morgan fingerprint density at radius 3 is 2.39 bits per heavy atom. The minimum Gasteiger partial charge on any atom is -0.360 e. The summed E-state index contributed by atoms with van der Waals surface area (Å²) in [6, 6.07) is 17.9. The molecule has 2 aromatic heterocycles. The maximum atomic E-state index is 11.9. The van der Waals surface area contributed by atoms with Crippen LogP contribution in [-0.4, -0.2) is 48.7 Å². The van der Waals surface area contributed by atoms with E-state index in [-0.39, 0.29) is 29.5 Å². The van der Waals surface area contributed by atoms with Crippen LogP contribution in [0.4, 0.5) is 5.00 Å². The molecule has 3 aromatic rings. The molecular formula is C23H28IN5OS. The van der Waals surface area contributed by atoms with Gasteiger partial charge in [0.25, 0.3) is 5.56 Å². The van der Waals surface area contributed by atoms with E-state index in [1.165, 1.54) is 10.6 Å². The number of nitrogens with zero attached hydrogens (tertiary/aromatic N) is 4. The molecule has 0 bridgehead atoms. The lowest BCUT2D eigenvalue weighted by Gasteiger charge is -2.37. The number of guanidine groups is 1. The van der Waals surface area contributed by atoms with Gasteiger partial charge in [0.1, 0.15) is 0 Å². The molecular weight excluding hydrogens is 521 g/mol. The van der Waals surface area contributed by atoms with Crippen molar-refractivity contribution in [2.45, 2.75) is 13.1 Å². The molecule has 1 aromatic carbocycles. The molecule has 4 rings (SSSR count). The molecule has 1 fully saturated rings. The van der Waals surface area contributed by atoms with Crippen LogP contribution in [0.3, 0.4) is 0 Å². The van der Waals surface area contributed by atoms with Gasteiger partial charge in [-0.2, -0.15) is 0 Å². The van der Waals surface area contributed by atoms with Crippen molar-refractivity contribution in [2.75, 3.05) is 38.1 Å². The number of aliphatic imine (C=N–C) groups is 1. The van der Waals surface area contributed by atoms with Crippen molar-refractivity contribution >= 4 is 46.3 Å². The first kappa shape index (κ1) is 23.3. The lowest BCUT2D eigenvalue weighted by molar-refractivity contribution is 0.373. The Kier molecular flexibility index (Phi) is 8.53. The molecule has 1 aliphatic rings. The number of rotatable bonds is 5. The van der Waals surface area contributed by atoms with Crippen LogP contribution in [0.1, 0.15) is 11.1 Å². The van der Waals surface area contributed by atoms with Gasteiger partial charge in [-0.05, 0) is 34.7 Å². The highest BCUT2D eigenvalue weighted by Crippen LogP contribution is 2.22. The number of halogens is 1. The Bertz CT molecular complexity index is 1020. The molecule has 164 valence electrons. The van der Waals surface area contributed by atoms with Crippen LogP contribution in [0.2, 0.25) is 0 Å². The predicted molar refractivity (Wildman–Crippen MR) is 140 cm³/mol. The Morgan fingerprint density at radius 1 is 1.00 bits per heavy atom. The van der Waals surface area contributed by atoms with Crippen LogP contribution in [0, 0.1) is 0 Å². The van der Waals surface area contributed by atoms with E-state index < -0.39 is 0 Å². The van der Waals surface area contributed by atoms with Gasteiger partial charge >= 0.3 is 0 Å². The molecule has 6 nitrogen and oxygen atoms in total. The highest BCUT2D eigenvalue weighted by atomic mass is 127. The van der Waals surface area contributed by atoms with Gasteiger partial charge in [0.2, 0.25) is 0 Å². The summed E-state index contributed by atoms with van der Waals surface area (Å²) < 4.78 is 1.71. The van der Waals surface area contributed by atoms with Crippen LogP contribution in [0.5, 0.6) is 0 Å². The van der Waals surface area contributed by atoms with Gasteiger partial charge in [-0.25, -0.2) is 0 Å². The number of benzene rings is 1. The molecule has 1 aliphatic heterocycles. The third-order valence-corrected chi connectivity index (χ3v) is 6.26. The minimum atomic E-state index is 0. The molecule has 3 heterocycles. The van der Waals surface area contributed by atoms with Crippen molar-refractivity contribution in [1.29, 1.82) is 0 Å². The van der Waals surface area contributed by atoms with Crippen molar-refractivity contribution in [3.63, 3.8) is 0 Å². The van der Waals surface area contributed by atoms with Crippen LogP contribution in [0.25, 0.3) is 0 Å². The smallest absolute Gasteiger partial charge is 0.250 e. The van der Waals surface area contributed by atoms with Gasteiger partial charge in [0.15, 0.2) is 5.96 Å². The topological polar surface area (TPSA) is 52.9 Å². The van der Waals surface area contributed by atoms with Crippen molar-refractivity contribution in [3.8, 4) is 0 Å². The fourth-order valence-corrected chi connectivity index (χ4v) is 4.44. The van der Waals surface area contributed by atoms with Crippen LogP contribution in [0.15, 0.2) is 76.0 Å². The van der Waals surface area contributed by atoms with E-state index in [2.05, 4.69) is 61.9 Å². The van der Waals surface area contributed by atoms with Gasteiger partial charge in [-0.15, -0.1) is 35.3 Å². The second-order valence-corrected chi connectivity index (χ2v) is 8.24. The quantitative estimate of drug-likeness (QED) is 0.301. The number of pyridine rings is 1. The van der Waals surface area contributed by atoms with E-state index in [1.807, 2.05) is 19.3 Å². The Morgan fingerprint density at radius 2 is 1.74 bits per heavy atom. The van der Waals surface area contributed by atoms with Crippen LogP contribution >= 0.6 is 35.3 Å². The average molecular weight is 549 g/mol. The number of aromatic nitrogens is 1. The van der Waals surface area contributed by atoms with Crippen LogP contribution in [-0.2, 0) is 13.1 Å². The second-order valence-electron chi connectivity index (χ2n) is 7.31. The molecule has 0 radical (unpaired) electrons. The van der Waals surface area contributed by atoms with Gasteiger partial charge in [0, 0.05) is 52.0 Å². The monoisotopic (exact) mass is 549 g/mol. The summed E-state index contributed by atoms with van der Waals surface area (Å²) in [6.07, 6.45) is 1.82. The zero-order chi connectivity index (χ0) is 20.8. The summed E-state index contributed by atoms with van der Waals surface area (Å²) in [7, 11) is 1.84. The first-order valence-electron chi connectivity index (χ1n) is 10.2. The number of thiophene rings is 1. The molecule has 0 unspecified atom stereocenters. The van der Waals surface area contributed by atoms with Crippen molar-refractivity contribution < 1.29 is 0 Å². The first-order chi connectivity index (χ1) is 14.7. The molecule has 31 heavy (non-hydrogen) atoms. The summed E-state index contributed by atoms with van der Waals surface area (Å²) in [5, 5.41) is 6.96. The predicted octanol–water partition coefficient (Wildman–Crippen LogP) is 3.47. The van der Waals surface area contributed by atoms with Gasteiger partial charge in [0.05, 0.1) is 11.5 Å². The maximum absolute atomic E-state index is 11.9.